The minimum absolute atomic E-state index is 0.0663. The molecule has 1 unspecified atom stereocenters. The SMILES string of the molecule is Cc1nnc(NC(=O)C2(C)CCCNC2)o1. The van der Waals surface area contributed by atoms with Crippen LogP contribution in [0.15, 0.2) is 4.42 Å². The predicted octanol–water partition coefficient (Wildman–Crippen LogP) is 0.706. The average Bonchev–Trinajstić information content (AvgIpc) is 2.65. The van der Waals surface area contributed by atoms with Crippen LogP contribution in [0, 0.1) is 12.3 Å². The summed E-state index contributed by atoms with van der Waals surface area (Å²) in [5.74, 6) is 0.380. The fourth-order valence-corrected chi connectivity index (χ4v) is 1.85. The summed E-state index contributed by atoms with van der Waals surface area (Å²) < 4.78 is 5.12. The van der Waals surface area contributed by atoms with Gasteiger partial charge in [0.1, 0.15) is 0 Å². The van der Waals surface area contributed by atoms with Gasteiger partial charge in [-0.05, 0) is 26.3 Å². The number of amides is 1. The van der Waals surface area contributed by atoms with Gasteiger partial charge in [-0.25, -0.2) is 0 Å². The second kappa shape index (κ2) is 4.21. The monoisotopic (exact) mass is 224 g/mol. The van der Waals surface area contributed by atoms with Gasteiger partial charge in [0.05, 0.1) is 5.41 Å². The number of nitrogens with zero attached hydrogens (tertiary/aromatic N) is 2. The number of carbonyl (C=O) groups is 1. The van der Waals surface area contributed by atoms with Gasteiger partial charge in [-0.2, -0.15) is 0 Å². The third-order valence-electron chi connectivity index (χ3n) is 2.89. The second-order valence-corrected chi connectivity index (χ2v) is 4.42. The van der Waals surface area contributed by atoms with E-state index >= 15 is 0 Å². The van der Waals surface area contributed by atoms with E-state index in [-0.39, 0.29) is 17.3 Å². The summed E-state index contributed by atoms with van der Waals surface area (Å²) in [4.78, 5) is 12.0. The molecule has 2 N–H and O–H groups in total. The van der Waals surface area contributed by atoms with Gasteiger partial charge in [-0.1, -0.05) is 5.10 Å². The fraction of sp³-hybridized carbons (Fsp3) is 0.700. The van der Waals surface area contributed by atoms with Gasteiger partial charge < -0.3 is 9.73 Å². The van der Waals surface area contributed by atoms with Gasteiger partial charge in [0.25, 0.3) is 0 Å². The lowest BCUT2D eigenvalue weighted by molar-refractivity contribution is -0.125. The van der Waals surface area contributed by atoms with Crippen molar-refractivity contribution in [3.63, 3.8) is 0 Å². The number of hydrogen-bond acceptors (Lipinski definition) is 5. The quantitative estimate of drug-likeness (QED) is 0.773. The smallest absolute Gasteiger partial charge is 0.322 e. The van der Waals surface area contributed by atoms with E-state index in [0.717, 1.165) is 19.4 Å². The lowest BCUT2D eigenvalue weighted by Crippen LogP contribution is -2.46. The molecule has 1 amide bonds. The maximum Gasteiger partial charge on any atom is 0.322 e. The minimum Gasteiger partial charge on any atom is -0.408 e. The number of rotatable bonds is 2. The molecular formula is C10H16N4O2. The molecule has 0 saturated carbocycles. The Bertz CT molecular complexity index is 382. The van der Waals surface area contributed by atoms with Crippen molar-refractivity contribution in [1.82, 2.24) is 15.5 Å². The molecule has 0 aromatic carbocycles. The first-order valence-electron chi connectivity index (χ1n) is 5.42. The first-order valence-corrected chi connectivity index (χ1v) is 5.42. The Balaban J connectivity index is 2.01. The molecule has 1 aliphatic rings. The van der Waals surface area contributed by atoms with E-state index in [1.165, 1.54) is 0 Å². The van der Waals surface area contributed by atoms with Crippen LogP contribution in [-0.2, 0) is 4.79 Å². The molecule has 16 heavy (non-hydrogen) atoms. The molecule has 6 heteroatoms. The van der Waals surface area contributed by atoms with E-state index in [0.29, 0.717) is 12.4 Å². The summed E-state index contributed by atoms with van der Waals surface area (Å²) in [6.45, 7) is 5.29. The minimum atomic E-state index is -0.388. The van der Waals surface area contributed by atoms with Gasteiger partial charge in [0.15, 0.2) is 0 Å². The Hall–Kier alpha value is -1.43. The number of aromatic nitrogens is 2. The molecule has 1 aromatic heterocycles. The molecule has 2 rings (SSSR count). The summed E-state index contributed by atoms with van der Waals surface area (Å²) in [5.41, 5.74) is -0.388. The largest absolute Gasteiger partial charge is 0.408 e. The van der Waals surface area contributed by atoms with E-state index < -0.39 is 0 Å². The Morgan fingerprint density at radius 1 is 1.56 bits per heavy atom. The van der Waals surface area contributed by atoms with Gasteiger partial charge >= 0.3 is 6.01 Å². The van der Waals surface area contributed by atoms with Crippen molar-refractivity contribution in [2.45, 2.75) is 26.7 Å². The zero-order chi connectivity index (χ0) is 11.6. The van der Waals surface area contributed by atoms with Crippen LogP contribution in [0.25, 0.3) is 0 Å². The number of anilines is 1. The lowest BCUT2D eigenvalue weighted by Gasteiger charge is -2.31. The number of aryl methyl sites for hydroxylation is 1. The summed E-state index contributed by atoms with van der Waals surface area (Å²) in [6, 6.07) is 0.175. The average molecular weight is 224 g/mol. The van der Waals surface area contributed by atoms with Gasteiger partial charge in [0, 0.05) is 13.5 Å². The van der Waals surface area contributed by atoms with Crippen molar-refractivity contribution in [3.8, 4) is 0 Å². The maximum atomic E-state index is 12.0. The first-order chi connectivity index (χ1) is 7.60. The molecule has 1 aromatic rings. The van der Waals surface area contributed by atoms with Crippen molar-refractivity contribution in [2.24, 2.45) is 5.41 Å². The first kappa shape index (κ1) is 11.1. The van der Waals surface area contributed by atoms with Gasteiger partial charge in [-0.3, -0.25) is 10.1 Å². The number of piperidine rings is 1. The van der Waals surface area contributed by atoms with Gasteiger partial charge in [-0.15, -0.1) is 5.10 Å². The van der Waals surface area contributed by atoms with Crippen molar-refractivity contribution < 1.29 is 9.21 Å². The Morgan fingerprint density at radius 2 is 2.38 bits per heavy atom. The molecule has 0 aliphatic carbocycles. The van der Waals surface area contributed by atoms with Crippen LogP contribution in [0.4, 0.5) is 6.01 Å². The standard InChI is InChI=1S/C10H16N4O2/c1-7-13-14-9(16-7)12-8(15)10(2)4-3-5-11-6-10/h11H,3-6H2,1-2H3,(H,12,14,15). The maximum absolute atomic E-state index is 12.0. The molecule has 1 aliphatic heterocycles. The molecule has 0 radical (unpaired) electrons. The zero-order valence-electron chi connectivity index (χ0n) is 9.54. The summed E-state index contributed by atoms with van der Waals surface area (Å²) in [7, 11) is 0. The molecule has 0 spiro atoms. The van der Waals surface area contributed by atoms with E-state index in [4.69, 9.17) is 4.42 Å². The van der Waals surface area contributed by atoms with E-state index in [9.17, 15) is 4.79 Å². The highest BCUT2D eigenvalue weighted by Crippen LogP contribution is 2.26. The highest BCUT2D eigenvalue weighted by molar-refractivity contribution is 5.93. The third kappa shape index (κ3) is 2.21. The van der Waals surface area contributed by atoms with E-state index in [1.807, 2.05) is 6.92 Å². The highest BCUT2D eigenvalue weighted by atomic mass is 16.4. The molecule has 6 nitrogen and oxygen atoms in total. The van der Waals surface area contributed by atoms with Crippen LogP contribution in [0.2, 0.25) is 0 Å². The predicted molar refractivity (Wildman–Crippen MR) is 57.9 cm³/mol. The number of carbonyl (C=O) groups excluding carboxylic acids is 1. The van der Waals surface area contributed by atoms with Crippen molar-refractivity contribution in [2.75, 3.05) is 18.4 Å². The summed E-state index contributed by atoms with van der Waals surface area (Å²) >= 11 is 0. The molecule has 1 fully saturated rings. The normalized spacial score (nSPS) is 25.4. The van der Waals surface area contributed by atoms with Crippen molar-refractivity contribution in [1.29, 1.82) is 0 Å². The highest BCUT2D eigenvalue weighted by Gasteiger charge is 2.35. The lowest BCUT2D eigenvalue weighted by atomic mass is 9.82. The number of nitrogens with one attached hydrogen (secondary N) is 2. The molecule has 1 saturated heterocycles. The molecule has 1 atom stereocenters. The molecule has 88 valence electrons. The van der Waals surface area contributed by atoms with Crippen molar-refractivity contribution >= 4 is 11.9 Å². The molecule has 0 bridgehead atoms. The summed E-state index contributed by atoms with van der Waals surface area (Å²) in [5, 5.41) is 13.3. The Morgan fingerprint density at radius 3 is 2.94 bits per heavy atom. The van der Waals surface area contributed by atoms with Crippen LogP contribution >= 0.6 is 0 Å². The van der Waals surface area contributed by atoms with Crippen LogP contribution in [0.1, 0.15) is 25.7 Å². The molecular weight excluding hydrogens is 208 g/mol. The van der Waals surface area contributed by atoms with Crippen LogP contribution in [0.3, 0.4) is 0 Å². The summed E-state index contributed by atoms with van der Waals surface area (Å²) in [6.07, 6.45) is 1.88. The van der Waals surface area contributed by atoms with Crippen LogP contribution in [0.5, 0.6) is 0 Å². The fourth-order valence-electron chi connectivity index (χ4n) is 1.85. The van der Waals surface area contributed by atoms with E-state index in [2.05, 4.69) is 20.8 Å². The topological polar surface area (TPSA) is 80.0 Å². The molecule has 2 heterocycles. The third-order valence-corrected chi connectivity index (χ3v) is 2.89. The Labute approximate surface area is 93.8 Å². The zero-order valence-corrected chi connectivity index (χ0v) is 9.54. The van der Waals surface area contributed by atoms with Crippen LogP contribution < -0.4 is 10.6 Å². The van der Waals surface area contributed by atoms with Crippen molar-refractivity contribution in [3.05, 3.63) is 5.89 Å². The Kier molecular flexibility index (Phi) is 2.91. The number of hydrogen-bond donors (Lipinski definition) is 2. The van der Waals surface area contributed by atoms with E-state index in [1.54, 1.807) is 6.92 Å². The second-order valence-electron chi connectivity index (χ2n) is 4.42. The van der Waals surface area contributed by atoms with Crippen LogP contribution in [-0.4, -0.2) is 29.2 Å². The van der Waals surface area contributed by atoms with Gasteiger partial charge in [0.2, 0.25) is 11.8 Å².